The molecule has 0 aromatic heterocycles. The zero-order chi connectivity index (χ0) is 35.1. The van der Waals surface area contributed by atoms with E-state index < -0.39 is 28.5 Å². The number of carbonyl (C=O) groups is 2. The summed E-state index contributed by atoms with van der Waals surface area (Å²) in [5, 5.41) is 3.90. The Labute approximate surface area is 300 Å². The summed E-state index contributed by atoms with van der Waals surface area (Å²) < 4.78 is 29.8. The van der Waals surface area contributed by atoms with Gasteiger partial charge >= 0.3 is 0 Å². The summed E-state index contributed by atoms with van der Waals surface area (Å²) in [6.07, 6.45) is 5.11. The number of halogens is 2. The van der Waals surface area contributed by atoms with Gasteiger partial charge in [-0.05, 0) is 86.7 Å². The fraction of sp³-hybridized carbons (Fsp3) is 0.333. The molecule has 0 spiro atoms. The van der Waals surface area contributed by atoms with Crippen LogP contribution in [0.1, 0.15) is 59.9 Å². The van der Waals surface area contributed by atoms with Crippen LogP contribution in [0.3, 0.4) is 0 Å². The monoisotopic (exact) mass is 719 g/mol. The third-order valence-corrected chi connectivity index (χ3v) is 11.8. The molecule has 1 aliphatic rings. The molecule has 4 aromatic rings. The van der Waals surface area contributed by atoms with E-state index in [4.69, 9.17) is 23.2 Å². The predicted octanol–water partition coefficient (Wildman–Crippen LogP) is 8.20. The Morgan fingerprint density at radius 1 is 0.816 bits per heavy atom. The van der Waals surface area contributed by atoms with Gasteiger partial charge in [0.25, 0.3) is 10.0 Å². The van der Waals surface area contributed by atoms with Crippen LogP contribution >= 0.6 is 23.2 Å². The molecule has 1 saturated carbocycles. The van der Waals surface area contributed by atoms with Crippen LogP contribution in [0.5, 0.6) is 0 Å². The van der Waals surface area contributed by atoms with Gasteiger partial charge in [0.2, 0.25) is 11.8 Å². The zero-order valence-electron chi connectivity index (χ0n) is 28.2. The fourth-order valence-electron chi connectivity index (χ4n) is 6.20. The maximum absolute atomic E-state index is 14.8. The molecule has 0 bridgehead atoms. The van der Waals surface area contributed by atoms with Crippen LogP contribution in [0.2, 0.25) is 10.0 Å². The smallest absolute Gasteiger partial charge is 0.264 e. The third-order valence-electron chi connectivity index (χ3n) is 9.28. The number of amides is 2. The van der Waals surface area contributed by atoms with Gasteiger partial charge in [0.15, 0.2) is 0 Å². The van der Waals surface area contributed by atoms with Gasteiger partial charge in [-0.1, -0.05) is 103 Å². The van der Waals surface area contributed by atoms with Crippen molar-refractivity contribution >= 4 is 50.7 Å². The van der Waals surface area contributed by atoms with E-state index in [2.05, 4.69) is 5.32 Å². The first-order valence-electron chi connectivity index (χ1n) is 16.7. The Balaban J connectivity index is 1.60. The molecule has 7 nitrogen and oxygen atoms in total. The Kier molecular flexibility index (Phi) is 12.1. The van der Waals surface area contributed by atoms with Gasteiger partial charge in [-0.25, -0.2) is 8.42 Å². The molecule has 1 atom stereocenters. The van der Waals surface area contributed by atoms with Gasteiger partial charge in [0, 0.05) is 34.6 Å². The highest BCUT2D eigenvalue weighted by molar-refractivity contribution is 7.92. The number of nitrogens with one attached hydrogen (secondary N) is 1. The van der Waals surface area contributed by atoms with Crippen molar-refractivity contribution in [1.29, 1.82) is 0 Å². The number of hydrogen-bond acceptors (Lipinski definition) is 4. The normalized spacial score (nSPS) is 14.2. The van der Waals surface area contributed by atoms with Crippen molar-refractivity contribution in [3.05, 3.63) is 129 Å². The summed E-state index contributed by atoms with van der Waals surface area (Å²) in [6.45, 7) is 5.07. The molecule has 49 heavy (non-hydrogen) atoms. The topological polar surface area (TPSA) is 86.8 Å². The summed E-state index contributed by atoms with van der Waals surface area (Å²) in [6, 6.07) is 25.4. The molecule has 2 amide bonds. The van der Waals surface area contributed by atoms with Crippen LogP contribution in [0, 0.1) is 20.8 Å². The lowest BCUT2D eigenvalue weighted by Gasteiger charge is -2.35. The minimum atomic E-state index is -4.21. The minimum absolute atomic E-state index is 0.00526. The number of benzene rings is 4. The number of nitrogens with zero attached hydrogens (tertiary/aromatic N) is 2. The van der Waals surface area contributed by atoms with Gasteiger partial charge in [-0.2, -0.15) is 0 Å². The summed E-state index contributed by atoms with van der Waals surface area (Å²) in [5.41, 5.74) is 4.44. The molecule has 4 aromatic carbocycles. The molecule has 5 rings (SSSR count). The SMILES string of the molecule is Cc1ccc(S(=O)(=O)N(CC(=O)N(Cc2c(Cl)cccc2Cl)[C@@H](Cc2ccccc2)C(=O)NC2CCCCC2)c2ccc(C)c(C)c2)cc1. The number of carbonyl (C=O) groups excluding carboxylic acids is 2. The van der Waals surface area contributed by atoms with E-state index in [-0.39, 0.29) is 29.8 Å². The molecular formula is C39H43Cl2N3O4S. The lowest BCUT2D eigenvalue weighted by Crippen LogP contribution is -2.55. The fourth-order valence-corrected chi connectivity index (χ4v) is 8.12. The number of sulfonamides is 1. The van der Waals surface area contributed by atoms with Crippen LogP contribution < -0.4 is 9.62 Å². The second-order valence-corrected chi connectivity index (χ2v) is 15.5. The van der Waals surface area contributed by atoms with E-state index >= 15 is 0 Å². The van der Waals surface area contributed by atoms with Crippen molar-refractivity contribution in [3.63, 3.8) is 0 Å². The van der Waals surface area contributed by atoms with E-state index in [9.17, 15) is 18.0 Å². The van der Waals surface area contributed by atoms with E-state index in [1.807, 2.05) is 57.2 Å². The molecule has 10 heteroatoms. The highest BCUT2D eigenvalue weighted by Gasteiger charge is 2.36. The van der Waals surface area contributed by atoms with Crippen LogP contribution in [0.25, 0.3) is 0 Å². The molecule has 258 valence electrons. The highest BCUT2D eigenvalue weighted by atomic mass is 35.5. The molecule has 0 unspecified atom stereocenters. The van der Waals surface area contributed by atoms with Gasteiger partial charge in [-0.15, -0.1) is 0 Å². The molecule has 0 heterocycles. The van der Waals surface area contributed by atoms with Crippen molar-refractivity contribution in [1.82, 2.24) is 10.2 Å². The summed E-state index contributed by atoms with van der Waals surface area (Å²) >= 11 is 13.3. The number of anilines is 1. The maximum atomic E-state index is 14.8. The Morgan fingerprint density at radius 3 is 2.10 bits per heavy atom. The molecule has 0 aliphatic heterocycles. The Morgan fingerprint density at radius 2 is 1.47 bits per heavy atom. The summed E-state index contributed by atoms with van der Waals surface area (Å²) in [5.74, 6) is -0.865. The zero-order valence-corrected chi connectivity index (χ0v) is 30.5. The lowest BCUT2D eigenvalue weighted by molar-refractivity contribution is -0.140. The highest BCUT2D eigenvalue weighted by Crippen LogP contribution is 2.30. The number of aryl methyl sites for hydroxylation is 3. The minimum Gasteiger partial charge on any atom is -0.352 e. The number of hydrogen-bond donors (Lipinski definition) is 1. The van der Waals surface area contributed by atoms with Crippen molar-refractivity contribution in [2.24, 2.45) is 0 Å². The predicted molar refractivity (Wildman–Crippen MR) is 198 cm³/mol. The van der Waals surface area contributed by atoms with Crippen LogP contribution in [-0.4, -0.2) is 43.8 Å². The Bertz CT molecular complexity index is 1860. The van der Waals surface area contributed by atoms with Crippen LogP contribution in [-0.2, 0) is 32.6 Å². The molecule has 1 aliphatic carbocycles. The summed E-state index contributed by atoms with van der Waals surface area (Å²) in [7, 11) is -4.21. The van der Waals surface area contributed by atoms with Gasteiger partial charge in [-0.3, -0.25) is 13.9 Å². The first kappa shape index (κ1) is 36.4. The second-order valence-electron chi connectivity index (χ2n) is 12.9. The molecule has 0 radical (unpaired) electrons. The van der Waals surface area contributed by atoms with Gasteiger partial charge in [0.1, 0.15) is 12.6 Å². The first-order chi connectivity index (χ1) is 23.4. The summed E-state index contributed by atoms with van der Waals surface area (Å²) in [4.78, 5) is 30.6. The van der Waals surface area contributed by atoms with Crippen molar-refractivity contribution in [2.45, 2.75) is 82.8 Å². The largest absolute Gasteiger partial charge is 0.352 e. The van der Waals surface area contributed by atoms with Crippen molar-refractivity contribution in [3.8, 4) is 0 Å². The van der Waals surface area contributed by atoms with Crippen LogP contribution in [0.4, 0.5) is 5.69 Å². The quantitative estimate of drug-likeness (QED) is 0.160. The van der Waals surface area contributed by atoms with E-state index in [0.717, 1.165) is 58.7 Å². The van der Waals surface area contributed by atoms with E-state index in [1.165, 1.54) is 4.90 Å². The van der Waals surface area contributed by atoms with Gasteiger partial charge < -0.3 is 10.2 Å². The number of rotatable bonds is 12. The standard InChI is InChI=1S/C39H43Cl2N3O4S/c1-27-17-21-33(22-18-27)49(47,48)44(32-20-19-28(2)29(3)23-32)26-38(45)43(25-34-35(40)15-10-16-36(34)41)37(24-30-11-6-4-7-12-30)39(46)42-31-13-8-5-9-14-31/h4,6-7,10-12,15-23,31,37H,5,8-9,13-14,24-26H2,1-3H3,(H,42,46)/t37-/m0/s1. The van der Waals surface area contributed by atoms with Crippen molar-refractivity contribution < 1.29 is 18.0 Å². The molecule has 1 N–H and O–H groups in total. The lowest BCUT2D eigenvalue weighted by atomic mass is 9.94. The second kappa shape index (κ2) is 16.2. The van der Waals surface area contributed by atoms with E-state index in [1.54, 1.807) is 54.6 Å². The average molecular weight is 721 g/mol. The maximum Gasteiger partial charge on any atom is 0.264 e. The molecule has 0 saturated heterocycles. The first-order valence-corrected chi connectivity index (χ1v) is 18.9. The van der Waals surface area contributed by atoms with E-state index in [0.29, 0.717) is 21.3 Å². The van der Waals surface area contributed by atoms with Crippen LogP contribution in [0.15, 0.2) is 95.9 Å². The average Bonchev–Trinajstić information content (AvgIpc) is 3.08. The van der Waals surface area contributed by atoms with Gasteiger partial charge in [0.05, 0.1) is 10.6 Å². The molecule has 1 fully saturated rings. The third kappa shape index (κ3) is 9.04. The van der Waals surface area contributed by atoms with Crippen molar-refractivity contribution in [2.75, 3.05) is 10.8 Å². The Hall–Kier alpha value is -3.85. The molecular weight excluding hydrogens is 677 g/mol.